The highest BCUT2D eigenvalue weighted by atomic mass is 16.5. The lowest BCUT2D eigenvalue weighted by molar-refractivity contribution is 0.0525. The number of morpholine rings is 1. The average Bonchev–Trinajstić information content (AvgIpc) is 2.19. The molecule has 1 aliphatic heterocycles. The second kappa shape index (κ2) is 5.86. The van der Waals surface area contributed by atoms with Crippen molar-refractivity contribution in [2.75, 3.05) is 26.3 Å². The smallest absolute Gasteiger partial charge is 0.317 e. The lowest BCUT2D eigenvalue weighted by atomic mass is 10.2. The molecule has 1 heterocycles. The van der Waals surface area contributed by atoms with Crippen LogP contribution in [-0.2, 0) is 4.74 Å². The van der Waals surface area contributed by atoms with Gasteiger partial charge >= 0.3 is 6.03 Å². The van der Waals surface area contributed by atoms with Crippen LogP contribution in [0.15, 0.2) is 0 Å². The average molecular weight is 200 g/mol. The third-order valence-corrected chi connectivity index (χ3v) is 2.39. The molecule has 1 saturated heterocycles. The van der Waals surface area contributed by atoms with Gasteiger partial charge in [-0.15, -0.1) is 0 Å². The van der Waals surface area contributed by atoms with Gasteiger partial charge in [-0.25, -0.2) is 4.79 Å². The fourth-order valence-corrected chi connectivity index (χ4v) is 1.57. The molecule has 0 spiro atoms. The Hall–Kier alpha value is -0.770. The molecule has 1 rings (SSSR count). The van der Waals surface area contributed by atoms with E-state index in [4.69, 9.17) is 4.74 Å². The zero-order chi connectivity index (χ0) is 10.4. The van der Waals surface area contributed by atoms with Gasteiger partial charge in [0, 0.05) is 19.1 Å². The van der Waals surface area contributed by atoms with Gasteiger partial charge in [0.25, 0.3) is 0 Å². The van der Waals surface area contributed by atoms with E-state index >= 15 is 0 Å². The molecule has 0 unspecified atom stereocenters. The standard InChI is InChI=1S/C10H20N2O2/c1-3-4-9(2)11-10(13)12-5-7-14-8-6-12/h9H,3-8H2,1-2H3,(H,11,13)/t9-/m1/s1. The van der Waals surface area contributed by atoms with Crippen molar-refractivity contribution in [3.8, 4) is 0 Å². The van der Waals surface area contributed by atoms with Crippen LogP contribution < -0.4 is 5.32 Å². The van der Waals surface area contributed by atoms with Gasteiger partial charge < -0.3 is 15.0 Å². The molecule has 0 aromatic carbocycles. The Balaban J connectivity index is 2.25. The summed E-state index contributed by atoms with van der Waals surface area (Å²) in [7, 11) is 0. The molecule has 0 aromatic rings. The summed E-state index contributed by atoms with van der Waals surface area (Å²) in [6.07, 6.45) is 2.14. The minimum absolute atomic E-state index is 0.0502. The Morgan fingerprint density at radius 1 is 1.50 bits per heavy atom. The molecule has 0 radical (unpaired) electrons. The molecule has 0 bridgehead atoms. The molecular weight excluding hydrogens is 180 g/mol. The maximum Gasteiger partial charge on any atom is 0.317 e. The van der Waals surface area contributed by atoms with Crippen LogP contribution in [0.2, 0.25) is 0 Å². The zero-order valence-corrected chi connectivity index (χ0v) is 9.08. The molecule has 2 amide bonds. The molecule has 1 fully saturated rings. The third-order valence-electron chi connectivity index (χ3n) is 2.39. The molecule has 4 nitrogen and oxygen atoms in total. The number of rotatable bonds is 3. The number of urea groups is 1. The van der Waals surface area contributed by atoms with Gasteiger partial charge in [0.1, 0.15) is 0 Å². The molecule has 4 heteroatoms. The molecule has 14 heavy (non-hydrogen) atoms. The van der Waals surface area contributed by atoms with Crippen LogP contribution in [0.3, 0.4) is 0 Å². The molecule has 1 atom stereocenters. The summed E-state index contributed by atoms with van der Waals surface area (Å²) in [4.78, 5) is 13.5. The number of hydrogen-bond acceptors (Lipinski definition) is 2. The van der Waals surface area contributed by atoms with Gasteiger partial charge in [0.2, 0.25) is 0 Å². The lowest BCUT2D eigenvalue weighted by Crippen LogP contribution is -2.48. The minimum atomic E-state index is 0.0502. The summed E-state index contributed by atoms with van der Waals surface area (Å²) in [6, 6.07) is 0.324. The highest BCUT2D eigenvalue weighted by molar-refractivity contribution is 5.74. The van der Waals surface area contributed by atoms with E-state index in [0.29, 0.717) is 26.3 Å². The topological polar surface area (TPSA) is 41.6 Å². The van der Waals surface area contributed by atoms with Crippen LogP contribution in [0, 0.1) is 0 Å². The summed E-state index contributed by atoms with van der Waals surface area (Å²) < 4.78 is 5.18. The minimum Gasteiger partial charge on any atom is -0.378 e. The number of hydrogen-bond donors (Lipinski definition) is 1. The Labute approximate surface area is 85.6 Å². The van der Waals surface area contributed by atoms with E-state index in [2.05, 4.69) is 12.2 Å². The first-order valence-corrected chi connectivity index (χ1v) is 5.37. The second-order valence-corrected chi connectivity index (χ2v) is 3.74. The number of nitrogens with one attached hydrogen (secondary N) is 1. The number of ether oxygens (including phenoxy) is 1. The molecule has 0 aliphatic carbocycles. The Morgan fingerprint density at radius 3 is 2.71 bits per heavy atom. The van der Waals surface area contributed by atoms with Crippen molar-refractivity contribution >= 4 is 6.03 Å². The van der Waals surface area contributed by atoms with Gasteiger partial charge in [-0.05, 0) is 13.3 Å². The van der Waals surface area contributed by atoms with Crippen LogP contribution in [0.5, 0.6) is 0 Å². The Morgan fingerprint density at radius 2 is 2.14 bits per heavy atom. The Kier molecular flexibility index (Phi) is 4.73. The molecule has 0 aromatic heterocycles. The maximum atomic E-state index is 11.6. The summed E-state index contributed by atoms with van der Waals surface area (Å²) >= 11 is 0. The van der Waals surface area contributed by atoms with E-state index in [-0.39, 0.29) is 12.1 Å². The first-order chi connectivity index (χ1) is 6.74. The van der Waals surface area contributed by atoms with Crippen LogP contribution >= 0.6 is 0 Å². The molecular formula is C10H20N2O2. The monoisotopic (exact) mass is 200 g/mol. The zero-order valence-electron chi connectivity index (χ0n) is 9.08. The third kappa shape index (κ3) is 3.54. The largest absolute Gasteiger partial charge is 0.378 e. The maximum absolute atomic E-state index is 11.6. The van der Waals surface area contributed by atoms with Crippen molar-refractivity contribution < 1.29 is 9.53 Å². The van der Waals surface area contributed by atoms with E-state index < -0.39 is 0 Å². The summed E-state index contributed by atoms with van der Waals surface area (Å²) in [5.41, 5.74) is 0. The van der Waals surface area contributed by atoms with Crippen molar-refractivity contribution in [1.29, 1.82) is 0 Å². The highest BCUT2D eigenvalue weighted by Crippen LogP contribution is 2.00. The second-order valence-electron chi connectivity index (χ2n) is 3.74. The first-order valence-electron chi connectivity index (χ1n) is 5.37. The number of nitrogens with zero attached hydrogens (tertiary/aromatic N) is 1. The van der Waals surface area contributed by atoms with Crippen molar-refractivity contribution in [2.24, 2.45) is 0 Å². The van der Waals surface area contributed by atoms with E-state index in [9.17, 15) is 4.79 Å². The SMILES string of the molecule is CCC[C@@H](C)NC(=O)N1CCOCC1. The summed E-state index contributed by atoms with van der Waals surface area (Å²) in [6.45, 7) is 6.92. The van der Waals surface area contributed by atoms with E-state index in [1.807, 2.05) is 11.8 Å². The van der Waals surface area contributed by atoms with Crippen molar-refractivity contribution in [1.82, 2.24) is 10.2 Å². The van der Waals surface area contributed by atoms with Gasteiger partial charge in [0.15, 0.2) is 0 Å². The number of carbonyl (C=O) groups excluding carboxylic acids is 1. The van der Waals surface area contributed by atoms with Gasteiger partial charge in [-0.3, -0.25) is 0 Å². The predicted molar refractivity (Wildman–Crippen MR) is 55.3 cm³/mol. The van der Waals surface area contributed by atoms with E-state index in [1.165, 1.54) is 0 Å². The quantitative estimate of drug-likeness (QED) is 0.744. The van der Waals surface area contributed by atoms with Crippen LogP contribution in [0.4, 0.5) is 4.79 Å². The molecule has 1 N–H and O–H groups in total. The first kappa shape index (κ1) is 11.3. The molecule has 1 aliphatic rings. The van der Waals surface area contributed by atoms with Crippen molar-refractivity contribution in [3.63, 3.8) is 0 Å². The predicted octanol–water partition coefficient (Wildman–Crippen LogP) is 1.22. The van der Waals surface area contributed by atoms with Crippen LogP contribution in [-0.4, -0.2) is 43.3 Å². The Bertz CT molecular complexity index is 179. The van der Waals surface area contributed by atoms with E-state index in [0.717, 1.165) is 12.8 Å². The lowest BCUT2D eigenvalue weighted by Gasteiger charge is -2.28. The molecule has 0 saturated carbocycles. The van der Waals surface area contributed by atoms with Crippen LogP contribution in [0.25, 0.3) is 0 Å². The van der Waals surface area contributed by atoms with Crippen molar-refractivity contribution in [3.05, 3.63) is 0 Å². The summed E-state index contributed by atoms with van der Waals surface area (Å²) in [5, 5.41) is 2.98. The summed E-state index contributed by atoms with van der Waals surface area (Å²) in [5.74, 6) is 0. The molecule has 82 valence electrons. The fraction of sp³-hybridized carbons (Fsp3) is 0.900. The normalized spacial score (nSPS) is 19.1. The van der Waals surface area contributed by atoms with E-state index in [1.54, 1.807) is 0 Å². The van der Waals surface area contributed by atoms with Crippen LogP contribution in [0.1, 0.15) is 26.7 Å². The highest BCUT2D eigenvalue weighted by Gasteiger charge is 2.17. The van der Waals surface area contributed by atoms with Crippen molar-refractivity contribution in [2.45, 2.75) is 32.7 Å². The van der Waals surface area contributed by atoms with Gasteiger partial charge in [-0.1, -0.05) is 13.3 Å². The number of carbonyl (C=O) groups is 1. The fourth-order valence-electron chi connectivity index (χ4n) is 1.57. The van der Waals surface area contributed by atoms with Gasteiger partial charge in [0.05, 0.1) is 13.2 Å². The van der Waals surface area contributed by atoms with Gasteiger partial charge in [-0.2, -0.15) is 0 Å². The number of amides is 2.